The van der Waals surface area contributed by atoms with E-state index in [-0.39, 0.29) is 16.2 Å². The fourth-order valence-corrected chi connectivity index (χ4v) is 17.4. The molecule has 0 unspecified atom stereocenters. The molecule has 0 amide bonds. The van der Waals surface area contributed by atoms with Crippen molar-refractivity contribution in [1.29, 1.82) is 0 Å². The summed E-state index contributed by atoms with van der Waals surface area (Å²) >= 11 is 0. The van der Waals surface area contributed by atoms with Crippen LogP contribution in [0.3, 0.4) is 0 Å². The molecule has 1 heterocycles. The van der Waals surface area contributed by atoms with Crippen LogP contribution in [0.5, 0.6) is 0 Å². The standard InChI is InChI=1S/C65H50OSi/c1-63(2)54-35-42(62-61(41-21-11-7-12-22-41)49-29-19-20-30-60(49)66-62)31-33-47(54)50-37-58-52(39-56(50)63)53-40-57-51(38-59(53)65(58,5)6)48-34-32-46(36-55(48)64(57,3)4)67(43-23-13-8-14-24-43,44-25-15-9-16-26-44)45-27-17-10-18-28-45/h8-11,13-40H,1-6H3. The van der Waals surface area contributed by atoms with E-state index in [4.69, 9.17) is 4.42 Å². The first-order valence-corrected chi connectivity index (χ1v) is 25.7. The molecule has 0 atom stereocenters. The van der Waals surface area contributed by atoms with Gasteiger partial charge in [0, 0.05) is 32.8 Å². The van der Waals surface area contributed by atoms with Crippen LogP contribution in [0.2, 0.25) is 0 Å². The van der Waals surface area contributed by atoms with Crippen molar-refractivity contribution in [1.82, 2.24) is 0 Å². The van der Waals surface area contributed by atoms with Gasteiger partial charge >= 0.3 is 0 Å². The molecule has 2 heteroatoms. The van der Waals surface area contributed by atoms with Crippen LogP contribution in [-0.2, 0) is 16.2 Å². The number of benzene rings is 8. The molecular formula is C65H50OSi. The van der Waals surface area contributed by atoms with Gasteiger partial charge < -0.3 is 4.42 Å². The van der Waals surface area contributed by atoms with E-state index in [0.29, 0.717) is 0 Å². The van der Waals surface area contributed by atoms with Crippen molar-refractivity contribution in [2.45, 2.75) is 57.8 Å². The molecule has 0 radical (unpaired) electrons. The number of rotatable bonds is 6. The zero-order chi connectivity index (χ0) is 45.5. The Morgan fingerprint density at radius 3 is 1.33 bits per heavy atom. The lowest BCUT2D eigenvalue weighted by Gasteiger charge is -2.35. The SMILES string of the molecule is CC1(C)c2cc(-c3oc4ccccc4c3-c3cc#ccc3)ccc2-c2cc3c(cc21)-c1cc2c(cc1C3(C)C)-c1ccc([Si](c3ccccc3)(c3ccccc3)c3ccccc3)cc1C2(C)C. The van der Waals surface area contributed by atoms with Crippen molar-refractivity contribution in [3.63, 3.8) is 0 Å². The van der Waals surface area contributed by atoms with E-state index in [1.165, 1.54) is 87.5 Å². The predicted octanol–water partition coefficient (Wildman–Crippen LogP) is 13.7. The van der Waals surface area contributed by atoms with E-state index in [1.807, 2.05) is 18.2 Å². The number of hydrogen-bond donors (Lipinski definition) is 0. The van der Waals surface area contributed by atoms with Gasteiger partial charge in [-0.05, 0) is 148 Å². The van der Waals surface area contributed by atoms with Gasteiger partial charge in [-0.15, -0.1) is 0 Å². The predicted molar refractivity (Wildman–Crippen MR) is 281 cm³/mol. The summed E-state index contributed by atoms with van der Waals surface area (Å²) in [6, 6.07) is 79.3. The summed E-state index contributed by atoms with van der Waals surface area (Å²) < 4.78 is 6.71. The summed E-state index contributed by atoms with van der Waals surface area (Å²) in [5, 5.41) is 6.73. The van der Waals surface area contributed by atoms with Crippen LogP contribution in [0.4, 0.5) is 0 Å². The number of para-hydroxylation sites is 1. The highest BCUT2D eigenvalue weighted by atomic mass is 28.3. The largest absolute Gasteiger partial charge is 0.455 e. The minimum atomic E-state index is -2.70. The smallest absolute Gasteiger partial charge is 0.179 e. The van der Waals surface area contributed by atoms with E-state index in [9.17, 15) is 0 Å². The van der Waals surface area contributed by atoms with Gasteiger partial charge in [-0.25, -0.2) is 0 Å². The highest BCUT2D eigenvalue weighted by molar-refractivity contribution is 7.19. The normalized spacial score (nSPS) is 15.3. The van der Waals surface area contributed by atoms with Gasteiger partial charge in [0.1, 0.15) is 11.3 Å². The molecule has 1 nitrogen and oxygen atoms in total. The first-order chi connectivity index (χ1) is 32.5. The van der Waals surface area contributed by atoms with E-state index < -0.39 is 8.07 Å². The first kappa shape index (κ1) is 39.9. The Kier molecular flexibility index (Phi) is 8.36. The van der Waals surface area contributed by atoms with Crippen LogP contribution in [0, 0.1) is 12.1 Å². The molecule has 0 N–H and O–H groups in total. The van der Waals surface area contributed by atoms with Gasteiger partial charge in [-0.2, -0.15) is 0 Å². The highest BCUT2D eigenvalue weighted by Crippen LogP contribution is 2.59. The monoisotopic (exact) mass is 874 g/mol. The van der Waals surface area contributed by atoms with E-state index in [0.717, 1.165) is 33.4 Å². The van der Waals surface area contributed by atoms with Crippen LogP contribution in [0.1, 0.15) is 74.9 Å². The third-order valence-corrected chi connectivity index (χ3v) is 20.9. The van der Waals surface area contributed by atoms with Gasteiger partial charge in [0.25, 0.3) is 0 Å². The summed E-state index contributed by atoms with van der Waals surface area (Å²) in [6.07, 6.45) is 0. The van der Waals surface area contributed by atoms with Crippen LogP contribution in [0.25, 0.3) is 66.8 Å². The van der Waals surface area contributed by atoms with Crippen molar-refractivity contribution in [2.24, 2.45) is 0 Å². The topological polar surface area (TPSA) is 13.1 Å². The number of hydrogen-bond acceptors (Lipinski definition) is 1. The second-order valence-corrected chi connectivity index (χ2v) is 24.5. The zero-order valence-corrected chi connectivity index (χ0v) is 39.9. The van der Waals surface area contributed by atoms with Crippen LogP contribution in [-0.4, -0.2) is 8.07 Å². The highest BCUT2D eigenvalue weighted by Gasteiger charge is 2.47. The maximum atomic E-state index is 6.71. The summed E-state index contributed by atoms with van der Waals surface area (Å²) in [4.78, 5) is 0. The molecule has 3 aliphatic carbocycles. The molecule has 0 bridgehead atoms. The Hall–Kier alpha value is -7.44. The molecule has 67 heavy (non-hydrogen) atoms. The average molecular weight is 875 g/mol. The van der Waals surface area contributed by atoms with Gasteiger partial charge in [-0.3, -0.25) is 0 Å². The Morgan fingerprint density at radius 2 is 0.821 bits per heavy atom. The van der Waals surface area contributed by atoms with Crippen molar-refractivity contribution in [2.75, 3.05) is 0 Å². The van der Waals surface area contributed by atoms with E-state index in [2.05, 4.69) is 230 Å². The minimum absolute atomic E-state index is 0.183. The number of fused-ring (bicyclic) bond motifs is 10. The third-order valence-electron chi connectivity index (χ3n) is 16.1. The molecule has 320 valence electrons. The lowest BCUT2D eigenvalue weighted by Crippen LogP contribution is -2.74. The Morgan fingerprint density at radius 1 is 0.373 bits per heavy atom. The summed E-state index contributed by atoms with van der Waals surface area (Å²) in [6.45, 7) is 14.6. The molecule has 0 saturated carbocycles. The second-order valence-electron chi connectivity index (χ2n) is 20.7. The Bertz CT molecular complexity index is 3530. The maximum Gasteiger partial charge on any atom is 0.179 e. The van der Waals surface area contributed by atoms with E-state index in [1.54, 1.807) is 0 Å². The van der Waals surface area contributed by atoms with Crippen LogP contribution >= 0.6 is 0 Å². The molecule has 0 spiro atoms. The first-order valence-electron chi connectivity index (χ1n) is 23.7. The fraction of sp³-hybridized carbons (Fsp3) is 0.138. The fourth-order valence-electron chi connectivity index (χ4n) is 12.7. The third kappa shape index (κ3) is 5.44. The maximum absolute atomic E-state index is 6.71. The molecule has 13 rings (SSSR count). The Balaban J connectivity index is 0.933. The van der Waals surface area contributed by atoms with Crippen molar-refractivity contribution in [3.05, 3.63) is 240 Å². The molecule has 0 aliphatic heterocycles. The summed E-state index contributed by atoms with van der Waals surface area (Å²) in [5.41, 5.74) is 20.1. The second kappa shape index (κ2) is 14.0. The number of furan rings is 1. The average Bonchev–Trinajstić information content (AvgIpc) is 4.00. The van der Waals surface area contributed by atoms with Crippen LogP contribution in [0.15, 0.2) is 199 Å². The van der Waals surface area contributed by atoms with Gasteiger partial charge in [0.15, 0.2) is 8.07 Å². The summed E-state index contributed by atoms with van der Waals surface area (Å²) in [7, 11) is -2.70. The van der Waals surface area contributed by atoms with Crippen molar-refractivity contribution >= 4 is 39.8 Å². The molecule has 0 fully saturated rings. The van der Waals surface area contributed by atoms with Crippen molar-refractivity contribution in [3.8, 4) is 55.8 Å². The minimum Gasteiger partial charge on any atom is -0.455 e. The van der Waals surface area contributed by atoms with Crippen molar-refractivity contribution < 1.29 is 4.42 Å². The van der Waals surface area contributed by atoms with Crippen LogP contribution < -0.4 is 20.7 Å². The van der Waals surface area contributed by atoms with Gasteiger partial charge in [0.05, 0.1) is 0 Å². The zero-order valence-electron chi connectivity index (χ0n) is 38.9. The molecule has 10 aromatic rings. The molecule has 1 aromatic heterocycles. The van der Waals surface area contributed by atoms with Gasteiger partial charge in [0.2, 0.25) is 0 Å². The quantitative estimate of drug-likeness (QED) is 0.120. The molecule has 0 saturated heterocycles. The van der Waals surface area contributed by atoms with E-state index >= 15 is 0 Å². The molecule has 3 aliphatic rings. The summed E-state index contributed by atoms with van der Waals surface area (Å²) in [5.74, 6) is 0.894. The molecular weight excluding hydrogens is 825 g/mol. The molecule has 9 aromatic carbocycles. The lowest BCUT2D eigenvalue weighted by molar-refractivity contribution is 0.630. The lowest BCUT2D eigenvalue weighted by atomic mass is 9.78. The Labute approximate surface area is 395 Å². The van der Waals surface area contributed by atoms with Gasteiger partial charge in [-0.1, -0.05) is 193 Å².